The molecule has 0 aliphatic carbocycles. The second-order valence-corrected chi connectivity index (χ2v) is 7.51. The smallest absolute Gasteiger partial charge is 0.321 e. The first-order valence-corrected chi connectivity index (χ1v) is 9.68. The van der Waals surface area contributed by atoms with Gasteiger partial charge in [-0.1, -0.05) is 34.5 Å². The highest BCUT2D eigenvalue weighted by Crippen LogP contribution is 2.28. The van der Waals surface area contributed by atoms with Crippen LogP contribution in [0.3, 0.4) is 0 Å². The van der Waals surface area contributed by atoms with E-state index in [9.17, 15) is 9.59 Å². The minimum absolute atomic E-state index is 0.245. The lowest BCUT2D eigenvalue weighted by atomic mass is 10.3. The van der Waals surface area contributed by atoms with Crippen molar-refractivity contribution in [3.05, 3.63) is 45.1 Å². The highest BCUT2D eigenvalue weighted by Gasteiger charge is 2.12. The molecule has 0 saturated carbocycles. The maximum atomic E-state index is 11.9. The van der Waals surface area contributed by atoms with Crippen molar-refractivity contribution in [2.45, 2.75) is 0 Å². The van der Waals surface area contributed by atoms with Crippen LogP contribution < -0.4 is 16.0 Å². The second kappa shape index (κ2) is 8.45. The number of halogens is 2. The number of nitrogens with zero attached hydrogens (tertiary/aromatic N) is 2. The van der Waals surface area contributed by atoms with Gasteiger partial charge in [-0.2, -0.15) is 11.3 Å². The lowest BCUT2D eigenvalue weighted by Crippen LogP contribution is -2.35. The molecule has 0 radical (unpaired) electrons. The summed E-state index contributed by atoms with van der Waals surface area (Å²) in [6.45, 7) is -0.245. The van der Waals surface area contributed by atoms with Crippen molar-refractivity contribution < 1.29 is 9.59 Å². The summed E-state index contributed by atoms with van der Waals surface area (Å²) >= 11 is 14.6. The third kappa shape index (κ3) is 4.92. The highest BCUT2D eigenvalue weighted by molar-refractivity contribution is 7.19. The largest absolute Gasteiger partial charge is 0.329 e. The summed E-state index contributed by atoms with van der Waals surface area (Å²) in [5.74, 6) is -0.444. The molecular weight excluding hydrogens is 417 g/mol. The Morgan fingerprint density at radius 1 is 1.12 bits per heavy atom. The zero-order chi connectivity index (χ0) is 18.5. The van der Waals surface area contributed by atoms with Gasteiger partial charge in [-0.05, 0) is 29.6 Å². The zero-order valence-corrected chi connectivity index (χ0v) is 16.1. The lowest BCUT2D eigenvalue weighted by Gasteiger charge is -2.08. The Balaban J connectivity index is 1.49. The molecule has 7 nitrogen and oxygen atoms in total. The molecule has 0 unspecified atom stereocenters. The van der Waals surface area contributed by atoms with E-state index in [4.69, 9.17) is 23.2 Å². The Bertz CT molecular complexity index is 930. The van der Waals surface area contributed by atoms with Gasteiger partial charge in [0, 0.05) is 16.0 Å². The van der Waals surface area contributed by atoms with Crippen molar-refractivity contribution >= 4 is 68.6 Å². The minimum Gasteiger partial charge on any atom is -0.329 e. The van der Waals surface area contributed by atoms with Crippen LogP contribution in [0.2, 0.25) is 10.0 Å². The van der Waals surface area contributed by atoms with E-state index in [1.54, 1.807) is 23.5 Å². The Morgan fingerprint density at radius 3 is 2.73 bits per heavy atom. The van der Waals surface area contributed by atoms with Gasteiger partial charge >= 0.3 is 6.03 Å². The first-order valence-electron chi connectivity index (χ1n) is 7.17. The van der Waals surface area contributed by atoms with Crippen LogP contribution in [0, 0.1) is 0 Å². The number of amides is 3. The van der Waals surface area contributed by atoms with Crippen LogP contribution in [-0.4, -0.2) is 28.7 Å². The van der Waals surface area contributed by atoms with E-state index in [1.165, 1.54) is 17.4 Å². The molecule has 11 heteroatoms. The summed E-state index contributed by atoms with van der Waals surface area (Å²) in [6.07, 6.45) is 0. The molecule has 26 heavy (non-hydrogen) atoms. The van der Waals surface area contributed by atoms with Crippen LogP contribution in [0.1, 0.15) is 0 Å². The van der Waals surface area contributed by atoms with Crippen LogP contribution in [0.5, 0.6) is 0 Å². The van der Waals surface area contributed by atoms with Crippen molar-refractivity contribution in [3.8, 4) is 10.6 Å². The summed E-state index contributed by atoms with van der Waals surface area (Å²) in [5, 5.41) is 21.1. The molecule has 2 aromatic heterocycles. The molecule has 0 aliphatic heterocycles. The summed E-state index contributed by atoms with van der Waals surface area (Å²) in [5.41, 5.74) is 1.31. The molecular formula is C15H11Cl2N5O2S2. The number of aromatic nitrogens is 2. The van der Waals surface area contributed by atoms with Gasteiger partial charge in [0.2, 0.25) is 11.0 Å². The number of carbonyl (C=O) groups is 2. The topological polar surface area (TPSA) is 96.0 Å². The van der Waals surface area contributed by atoms with E-state index in [-0.39, 0.29) is 6.54 Å². The average Bonchev–Trinajstić information content (AvgIpc) is 3.28. The van der Waals surface area contributed by atoms with Crippen LogP contribution in [0.25, 0.3) is 10.6 Å². The number of anilines is 2. The molecule has 3 aromatic rings. The fourth-order valence-electron chi connectivity index (χ4n) is 1.87. The molecule has 0 bridgehead atoms. The SMILES string of the molecule is O=C(CNC(=O)Nc1nnc(-c2ccsc2)s1)Nc1cc(Cl)ccc1Cl. The fourth-order valence-corrected chi connectivity index (χ4v) is 3.65. The number of hydrogen-bond acceptors (Lipinski definition) is 6. The predicted octanol–water partition coefficient (Wildman–Crippen LogP) is 4.33. The maximum Gasteiger partial charge on any atom is 0.321 e. The molecule has 0 atom stereocenters. The van der Waals surface area contributed by atoms with Crippen LogP contribution in [-0.2, 0) is 4.79 Å². The van der Waals surface area contributed by atoms with Gasteiger partial charge in [-0.3, -0.25) is 10.1 Å². The monoisotopic (exact) mass is 427 g/mol. The van der Waals surface area contributed by atoms with Crippen molar-refractivity contribution in [1.82, 2.24) is 15.5 Å². The van der Waals surface area contributed by atoms with Gasteiger partial charge in [0.25, 0.3) is 0 Å². The first-order chi connectivity index (χ1) is 12.5. The molecule has 3 amide bonds. The van der Waals surface area contributed by atoms with Gasteiger partial charge < -0.3 is 10.6 Å². The number of benzene rings is 1. The highest BCUT2D eigenvalue weighted by atomic mass is 35.5. The maximum absolute atomic E-state index is 11.9. The number of rotatable bonds is 5. The Labute approximate surface area is 166 Å². The minimum atomic E-state index is -0.564. The van der Waals surface area contributed by atoms with E-state index < -0.39 is 11.9 Å². The molecule has 3 N–H and O–H groups in total. The normalized spacial score (nSPS) is 10.4. The van der Waals surface area contributed by atoms with E-state index in [2.05, 4.69) is 26.1 Å². The summed E-state index contributed by atoms with van der Waals surface area (Å²) < 4.78 is 0. The van der Waals surface area contributed by atoms with Gasteiger partial charge in [0.15, 0.2) is 0 Å². The zero-order valence-electron chi connectivity index (χ0n) is 13.0. The van der Waals surface area contributed by atoms with E-state index in [0.717, 1.165) is 5.56 Å². The predicted molar refractivity (Wildman–Crippen MR) is 105 cm³/mol. The average molecular weight is 428 g/mol. The molecule has 0 spiro atoms. The number of urea groups is 1. The summed E-state index contributed by atoms with van der Waals surface area (Å²) in [6, 6.07) is 6.05. The van der Waals surface area contributed by atoms with Crippen molar-refractivity contribution in [3.63, 3.8) is 0 Å². The lowest BCUT2D eigenvalue weighted by molar-refractivity contribution is -0.115. The standard InChI is InChI=1S/C15H11Cl2N5O2S2/c16-9-1-2-10(17)11(5-9)19-12(23)6-18-14(24)20-15-22-21-13(26-15)8-3-4-25-7-8/h1-5,7H,6H2,(H,19,23)(H2,18,20,22,24). The Morgan fingerprint density at radius 2 is 1.96 bits per heavy atom. The van der Waals surface area contributed by atoms with E-state index in [1.807, 2.05) is 16.8 Å². The molecule has 2 heterocycles. The van der Waals surface area contributed by atoms with Gasteiger partial charge in [-0.15, -0.1) is 10.2 Å². The van der Waals surface area contributed by atoms with Crippen molar-refractivity contribution in [1.29, 1.82) is 0 Å². The van der Waals surface area contributed by atoms with Gasteiger partial charge in [0.1, 0.15) is 5.01 Å². The molecule has 0 fully saturated rings. The van der Waals surface area contributed by atoms with E-state index >= 15 is 0 Å². The summed E-state index contributed by atoms with van der Waals surface area (Å²) in [4.78, 5) is 23.8. The van der Waals surface area contributed by atoms with Crippen molar-refractivity contribution in [2.75, 3.05) is 17.2 Å². The van der Waals surface area contributed by atoms with E-state index in [0.29, 0.717) is 25.9 Å². The molecule has 0 saturated heterocycles. The Kier molecular flexibility index (Phi) is 6.04. The van der Waals surface area contributed by atoms with Crippen molar-refractivity contribution in [2.24, 2.45) is 0 Å². The number of hydrogen-bond donors (Lipinski definition) is 3. The quantitative estimate of drug-likeness (QED) is 0.564. The fraction of sp³-hybridized carbons (Fsp3) is 0.0667. The molecule has 1 aromatic carbocycles. The van der Waals surface area contributed by atoms with Crippen LogP contribution in [0.15, 0.2) is 35.0 Å². The van der Waals surface area contributed by atoms with Crippen LogP contribution >= 0.6 is 45.9 Å². The molecule has 0 aliphatic rings. The summed E-state index contributed by atoms with van der Waals surface area (Å²) in [7, 11) is 0. The number of carbonyl (C=O) groups excluding carboxylic acids is 2. The third-order valence-electron chi connectivity index (χ3n) is 3.03. The number of thiophene rings is 1. The number of nitrogens with one attached hydrogen (secondary N) is 3. The second-order valence-electron chi connectivity index (χ2n) is 4.90. The third-order valence-corrected chi connectivity index (χ3v) is 5.16. The molecule has 134 valence electrons. The Hall–Kier alpha value is -2.20. The van der Waals surface area contributed by atoms with Gasteiger partial charge in [-0.25, -0.2) is 4.79 Å². The van der Waals surface area contributed by atoms with Gasteiger partial charge in [0.05, 0.1) is 17.3 Å². The molecule has 3 rings (SSSR count). The first kappa shape index (κ1) is 18.6. The van der Waals surface area contributed by atoms with Crippen LogP contribution in [0.4, 0.5) is 15.6 Å².